The second-order valence-corrected chi connectivity index (χ2v) is 9.72. The minimum absolute atomic E-state index is 0.0722. The van der Waals surface area contributed by atoms with Gasteiger partial charge in [-0.25, -0.2) is 14.8 Å². The van der Waals surface area contributed by atoms with Gasteiger partial charge in [-0.3, -0.25) is 0 Å². The van der Waals surface area contributed by atoms with Crippen LogP contribution in [0.1, 0.15) is 106 Å². The summed E-state index contributed by atoms with van der Waals surface area (Å²) < 4.78 is 5.39. The molecule has 0 aliphatic heterocycles. The average molecular weight is 487 g/mol. The maximum absolute atomic E-state index is 12.5. The highest BCUT2D eigenvalue weighted by Crippen LogP contribution is 2.21. The number of carbonyl (C=O) groups excluding carboxylic acids is 1. The minimum atomic E-state index is -0.435. The molecule has 0 saturated carbocycles. The van der Waals surface area contributed by atoms with E-state index in [2.05, 4.69) is 48.1 Å². The third-order valence-corrected chi connectivity index (χ3v) is 6.68. The molecule has 1 heterocycles. The van der Waals surface area contributed by atoms with Gasteiger partial charge in [-0.15, -0.1) is 0 Å². The molecule has 0 radical (unpaired) electrons. The zero-order valence-electron chi connectivity index (χ0n) is 22.2. The van der Waals surface area contributed by atoms with E-state index in [1.807, 2.05) is 24.3 Å². The molecule has 0 amide bonds. The molecule has 0 aliphatic rings. The van der Waals surface area contributed by atoms with Crippen LogP contribution in [0.4, 0.5) is 0 Å². The number of ether oxygens (including phenoxy) is 1. The number of hydrogen-bond donors (Lipinski definition) is 0. The highest BCUT2D eigenvalue weighted by atomic mass is 16.5. The van der Waals surface area contributed by atoms with Crippen LogP contribution in [0.15, 0.2) is 60.9 Å². The molecule has 0 aliphatic carbocycles. The number of esters is 1. The van der Waals surface area contributed by atoms with Gasteiger partial charge in [0.15, 0.2) is 0 Å². The number of carbonyl (C=O) groups is 1. The molecule has 3 rings (SSSR count). The monoisotopic (exact) mass is 486 g/mol. The Morgan fingerprint density at radius 2 is 1.08 bits per heavy atom. The molecule has 2 aromatic carbocycles. The van der Waals surface area contributed by atoms with E-state index in [4.69, 9.17) is 4.74 Å². The van der Waals surface area contributed by atoms with Crippen molar-refractivity contribution in [2.24, 2.45) is 0 Å². The van der Waals surface area contributed by atoms with E-state index in [1.165, 1.54) is 81.8 Å². The van der Waals surface area contributed by atoms with Crippen LogP contribution in [0.2, 0.25) is 0 Å². The normalized spacial score (nSPS) is 10.9. The zero-order chi connectivity index (χ0) is 25.4. The van der Waals surface area contributed by atoms with Crippen LogP contribution in [-0.4, -0.2) is 15.9 Å². The molecule has 0 saturated heterocycles. The molecule has 3 aromatic rings. The molecule has 0 unspecified atom stereocenters. The summed E-state index contributed by atoms with van der Waals surface area (Å²) in [6.07, 6.45) is 19.8. The molecular formula is C32H42N2O2. The number of aryl methyl sites for hydroxylation is 2. The maximum Gasteiger partial charge on any atom is 0.345 e. The molecule has 4 heteroatoms. The first-order valence-electron chi connectivity index (χ1n) is 13.9. The van der Waals surface area contributed by atoms with E-state index < -0.39 is 5.97 Å². The molecule has 0 atom stereocenters. The Morgan fingerprint density at radius 3 is 1.64 bits per heavy atom. The van der Waals surface area contributed by atoms with Crippen molar-refractivity contribution in [1.82, 2.24) is 9.97 Å². The molecule has 1 aromatic heterocycles. The molecular weight excluding hydrogens is 444 g/mol. The van der Waals surface area contributed by atoms with Crippen LogP contribution < -0.4 is 4.74 Å². The Bertz CT molecular complexity index is 1010. The van der Waals surface area contributed by atoms with Crippen molar-refractivity contribution in [3.05, 3.63) is 77.6 Å². The van der Waals surface area contributed by atoms with Crippen molar-refractivity contribution in [3.63, 3.8) is 0 Å². The van der Waals surface area contributed by atoms with Crippen molar-refractivity contribution < 1.29 is 9.53 Å². The third-order valence-electron chi connectivity index (χ3n) is 6.68. The van der Waals surface area contributed by atoms with E-state index in [1.54, 1.807) is 12.4 Å². The predicted octanol–water partition coefficient (Wildman–Crippen LogP) is 8.78. The van der Waals surface area contributed by atoms with Crippen molar-refractivity contribution in [2.75, 3.05) is 0 Å². The quantitative estimate of drug-likeness (QED) is 0.150. The van der Waals surface area contributed by atoms with Crippen molar-refractivity contribution in [2.45, 2.75) is 97.3 Å². The molecule has 0 N–H and O–H groups in total. The van der Waals surface area contributed by atoms with E-state index in [0.717, 1.165) is 24.0 Å². The number of nitrogens with zero attached hydrogens (tertiary/aromatic N) is 2. The van der Waals surface area contributed by atoms with Crippen LogP contribution in [-0.2, 0) is 12.8 Å². The van der Waals surface area contributed by atoms with Crippen molar-refractivity contribution >= 4 is 5.97 Å². The Labute approximate surface area is 217 Å². The summed E-state index contributed by atoms with van der Waals surface area (Å²) in [5.74, 6) is -0.435. The average Bonchev–Trinajstić information content (AvgIpc) is 2.92. The van der Waals surface area contributed by atoms with E-state index in [9.17, 15) is 4.79 Å². The zero-order valence-corrected chi connectivity index (χ0v) is 22.2. The van der Waals surface area contributed by atoms with E-state index in [0.29, 0.717) is 5.56 Å². The van der Waals surface area contributed by atoms with Gasteiger partial charge >= 0.3 is 12.0 Å². The van der Waals surface area contributed by atoms with Crippen LogP contribution in [0.3, 0.4) is 0 Å². The van der Waals surface area contributed by atoms with Gasteiger partial charge in [0, 0.05) is 18.0 Å². The van der Waals surface area contributed by atoms with Crippen LogP contribution >= 0.6 is 0 Å². The van der Waals surface area contributed by atoms with Gasteiger partial charge in [0.05, 0.1) is 5.56 Å². The van der Waals surface area contributed by atoms with Gasteiger partial charge in [0.25, 0.3) is 0 Å². The fourth-order valence-corrected chi connectivity index (χ4v) is 4.37. The van der Waals surface area contributed by atoms with Gasteiger partial charge < -0.3 is 4.74 Å². The summed E-state index contributed by atoms with van der Waals surface area (Å²) >= 11 is 0. The lowest BCUT2D eigenvalue weighted by atomic mass is 10.0. The topological polar surface area (TPSA) is 52.1 Å². The van der Waals surface area contributed by atoms with E-state index in [-0.39, 0.29) is 6.01 Å². The molecule has 192 valence electrons. The largest absolute Gasteiger partial charge is 0.387 e. The Hall–Kier alpha value is -3.01. The second kappa shape index (κ2) is 15.9. The summed E-state index contributed by atoms with van der Waals surface area (Å²) in [5, 5.41) is 0. The molecule has 4 nitrogen and oxygen atoms in total. The lowest BCUT2D eigenvalue weighted by Gasteiger charge is -2.07. The van der Waals surface area contributed by atoms with Crippen LogP contribution in [0.25, 0.3) is 11.1 Å². The summed E-state index contributed by atoms with van der Waals surface area (Å²) in [6, 6.07) is 16.3. The Kier molecular flexibility index (Phi) is 12.2. The minimum Gasteiger partial charge on any atom is -0.387 e. The molecule has 36 heavy (non-hydrogen) atoms. The van der Waals surface area contributed by atoms with Gasteiger partial charge in [0.1, 0.15) is 0 Å². The smallest absolute Gasteiger partial charge is 0.345 e. The van der Waals surface area contributed by atoms with Gasteiger partial charge in [-0.2, -0.15) is 0 Å². The SMILES string of the molecule is CCCCCCCCCc1ccc(-c2cnc(OC(=O)c3ccc(CCCCCC)cc3)nc2)cc1. The predicted molar refractivity (Wildman–Crippen MR) is 148 cm³/mol. The first-order chi connectivity index (χ1) is 17.7. The first kappa shape index (κ1) is 27.6. The second-order valence-electron chi connectivity index (χ2n) is 9.72. The Balaban J connectivity index is 1.44. The van der Waals surface area contributed by atoms with E-state index >= 15 is 0 Å². The standard InChI is InChI=1S/C32H42N2O2/c1-3-5-7-9-10-11-13-15-26-16-20-28(21-17-26)30-24-33-32(34-25-30)36-31(35)29-22-18-27(19-23-29)14-12-8-6-4-2/h16-25H,3-15H2,1-2H3. The maximum atomic E-state index is 12.5. The Morgan fingerprint density at radius 1 is 0.611 bits per heavy atom. The summed E-state index contributed by atoms with van der Waals surface area (Å²) in [6.45, 7) is 4.47. The summed E-state index contributed by atoms with van der Waals surface area (Å²) in [5.41, 5.74) is 5.09. The number of unbranched alkanes of at least 4 members (excludes halogenated alkanes) is 9. The van der Waals surface area contributed by atoms with Gasteiger partial charge in [0.2, 0.25) is 0 Å². The highest BCUT2D eigenvalue weighted by molar-refractivity contribution is 5.90. The molecule has 0 spiro atoms. The number of aromatic nitrogens is 2. The van der Waals surface area contributed by atoms with Gasteiger partial charge in [-0.05, 0) is 54.5 Å². The fourth-order valence-electron chi connectivity index (χ4n) is 4.37. The molecule has 0 bridgehead atoms. The number of hydrogen-bond acceptors (Lipinski definition) is 4. The highest BCUT2D eigenvalue weighted by Gasteiger charge is 2.11. The van der Waals surface area contributed by atoms with Crippen LogP contribution in [0.5, 0.6) is 6.01 Å². The summed E-state index contributed by atoms with van der Waals surface area (Å²) in [4.78, 5) is 21.0. The van der Waals surface area contributed by atoms with Crippen molar-refractivity contribution in [1.29, 1.82) is 0 Å². The molecule has 0 fully saturated rings. The first-order valence-corrected chi connectivity index (χ1v) is 13.9. The fraction of sp³-hybridized carbons (Fsp3) is 0.469. The third kappa shape index (κ3) is 9.56. The van der Waals surface area contributed by atoms with Crippen LogP contribution in [0, 0.1) is 0 Å². The number of rotatable bonds is 16. The number of benzene rings is 2. The lowest BCUT2D eigenvalue weighted by molar-refractivity contribution is 0.0719. The lowest BCUT2D eigenvalue weighted by Crippen LogP contribution is -2.10. The summed E-state index contributed by atoms with van der Waals surface area (Å²) in [7, 11) is 0. The van der Waals surface area contributed by atoms with Gasteiger partial charge in [-0.1, -0.05) is 108 Å². The van der Waals surface area contributed by atoms with Crippen molar-refractivity contribution in [3.8, 4) is 17.1 Å².